The molecule has 4 nitrogen and oxygen atoms in total. The zero-order valence-corrected chi connectivity index (χ0v) is 9.70. The minimum Gasteiger partial charge on any atom is -0.352 e. The Balaban J connectivity index is 2.30. The quantitative estimate of drug-likeness (QED) is 0.797. The Labute approximate surface area is 104 Å². The van der Waals surface area contributed by atoms with E-state index in [1.54, 1.807) is 6.08 Å². The van der Waals surface area contributed by atoms with Crippen molar-refractivity contribution in [3.8, 4) is 0 Å². The normalized spacial score (nSPS) is 17.6. The van der Waals surface area contributed by atoms with E-state index in [4.69, 9.17) is 0 Å². The van der Waals surface area contributed by atoms with Gasteiger partial charge in [0.25, 0.3) is 0 Å². The van der Waals surface area contributed by atoms with Crippen molar-refractivity contribution < 1.29 is 14.0 Å². The maximum atomic E-state index is 13.1. The minimum atomic E-state index is -0.575. The Morgan fingerprint density at radius 1 is 1.61 bits per heavy atom. The summed E-state index contributed by atoms with van der Waals surface area (Å²) >= 11 is 0. The second-order valence-corrected chi connectivity index (χ2v) is 4.07. The largest absolute Gasteiger partial charge is 0.352 e. The molecule has 2 amide bonds. The number of hydrogen-bond acceptors (Lipinski definition) is 2. The average Bonchev–Trinajstić information content (AvgIpc) is 2.34. The Kier molecular flexibility index (Phi) is 3.41. The number of hydrogen-bond donors (Lipinski definition) is 2. The molecule has 5 heteroatoms. The lowest BCUT2D eigenvalue weighted by Crippen LogP contribution is -2.35. The molecule has 0 aliphatic carbocycles. The topological polar surface area (TPSA) is 58.2 Å². The molecule has 94 valence electrons. The molecule has 1 heterocycles. The highest BCUT2D eigenvalue weighted by molar-refractivity contribution is 6.01. The van der Waals surface area contributed by atoms with Gasteiger partial charge in [-0.25, -0.2) is 4.39 Å². The molecule has 1 aromatic rings. The molecule has 0 saturated carbocycles. The number of halogens is 1. The molecule has 0 aromatic heterocycles. The van der Waals surface area contributed by atoms with Gasteiger partial charge in [-0.05, 0) is 17.7 Å². The lowest BCUT2D eigenvalue weighted by atomic mass is 9.89. The molecule has 1 atom stereocenters. The fourth-order valence-corrected chi connectivity index (χ4v) is 1.97. The van der Waals surface area contributed by atoms with Crippen LogP contribution in [0.5, 0.6) is 0 Å². The van der Waals surface area contributed by atoms with E-state index in [-0.39, 0.29) is 18.2 Å². The van der Waals surface area contributed by atoms with Crippen molar-refractivity contribution in [1.29, 1.82) is 0 Å². The van der Waals surface area contributed by atoms with E-state index in [1.165, 1.54) is 18.2 Å². The third-order valence-corrected chi connectivity index (χ3v) is 2.79. The van der Waals surface area contributed by atoms with E-state index in [0.717, 1.165) is 0 Å². The van der Waals surface area contributed by atoms with Crippen LogP contribution in [0.3, 0.4) is 0 Å². The summed E-state index contributed by atoms with van der Waals surface area (Å²) in [5.74, 6) is -1.56. The van der Waals surface area contributed by atoms with Gasteiger partial charge in [-0.2, -0.15) is 0 Å². The van der Waals surface area contributed by atoms with Gasteiger partial charge in [0.1, 0.15) is 5.82 Å². The van der Waals surface area contributed by atoms with Gasteiger partial charge in [0, 0.05) is 18.7 Å². The Bertz CT molecular complexity index is 514. The molecule has 0 saturated heterocycles. The van der Waals surface area contributed by atoms with E-state index in [1.807, 2.05) is 0 Å². The molecule has 1 aromatic carbocycles. The van der Waals surface area contributed by atoms with Gasteiger partial charge in [0.2, 0.25) is 11.8 Å². The lowest BCUT2D eigenvalue weighted by molar-refractivity contribution is -0.126. The van der Waals surface area contributed by atoms with E-state index in [0.29, 0.717) is 17.8 Å². The van der Waals surface area contributed by atoms with E-state index in [2.05, 4.69) is 17.2 Å². The van der Waals surface area contributed by atoms with Gasteiger partial charge in [-0.15, -0.1) is 6.58 Å². The first-order valence-electron chi connectivity index (χ1n) is 5.59. The third kappa shape index (κ3) is 2.40. The SMILES string of the molecule is C=CCNC(=O)C1CC(=O)Nc2cc(F)ccc21. The fourth-order valence-electron chi connectivity index (χ4n) is 1.97. The number of amides is 2. The second-order valence-electron chi connectivity index (χ2n) is 4.07. The maximum Gasteiger partial charge on any atom is 0.228 e. The van der Waals surface area contributed by atoms with Crippen LogP contribution in [0.4, 0.5) is 10.1 Å². The van der Waals surface area contributed by atoms with Crippen molar-refractivity contribution in [2.75, 3.05) is 11.9 Å². The summed E-state index contributed by atoms with van der Waals surface area (Å²) in [7, 11) is 0. The molecule has 0 bridgehead atoms. The van der Waals surface area contributed by atoms with Crippen molar-refractivity contribution in [3.63, 3.8) is 0 Å². The van der Waals surface area contributed by atoms with Gasteiger partial charge < -0.3 is 10.6 Å². The number of benzene rings is 1. The standard InChI is InChI=1S/C13H13FN2O2/c1-2-5-15-13(18)10-7-12(17)16-11-6-8(14)3-4-9(10)11/h2-4,6,10H,1,5,7H2,(H,15,18)(H,16,17). The number of nitrogens with one attached hydrogen (secondary N) is 2. The van der Waals surface area contributed by atoms with Crippen LogP contribution in [0.15, 0.2) is 30.9 Å². The maximum absolute atomic E-state index is 13.1. The molecule has 0 spiro atoms. The van der Waals surface area contributed by atoms with Crippen molar-refractivity contribution in [2.45, 2.75) is 12.3 Å². The van der Waals surface area contributed by atoms with Crippen LogP contribution in [0.25, 0.3) is 0 Å². The number of rotatable bonds is 3. The first-order valence-corrected chi connectivity index (χ1v) is 5.59. The molecule has 0 radical (unpaired) electrons. The molecular weight excluding hydrogens is 235 g/mol. The summed E-state index contributed by atoms with van der Waals surface area (Å²) < 4.78 is 13.1. The van der Waals surface area contributed by atoms with Gasteiger partial charge in [-0.3, -0.25) is 9.59 Å². The molecular formula is C13H13FN2O2. The predicted octanol–water partition coefficient (Wildman–Crippen LogP) is 1.55. The van der Waals surface area contributed by atoms with E-state index < -0.39 is 11.7 Å². The van der Waals surface area contributed by atoms with Gasteiger partial charge in [0.05, 0.1) is 5.92 Å². The number of anilines is 1. The predicted molar refractivity (Wildman–Crippen MR) is 65.6 cm³/mol. The number of carbonyl (C=O) groups is 2. The minimum absolute atomic E-state index is 0.0710. The molecule has 2 N–H and O–H groups in total. The fraction of sp³-hybridized carbons (Fsp3) is 0.231. The molecule has 0 fully saturated rings. The van der Waals surface area contributed by atoms with Gasteiger partial charge in [0.15, 0.2) is 0 Å². The highest BCUT2D eigenvalue weighted by atomic mass is 19.1. The van der Waals surface area contributed by atoms with E-state index in [9.17, 15) is 14.0 Å². The zero-order chi connectivity index (χ0) is 13.1. The average molecular weight is 248 g/mol. The van der Waals surface area contributed by atoms with Crippen LogP contribution >= 0.6 is 0 Å². The van der Waals surface area contributed by atoms with Gasteiger partial charge >= 0.3 is 0 Å². The highest BCUT2D eigenvalue weighted by Gasteiger charge is 2.30. The van der Waals surface area contributed by atoms with Crippen LogP contribution in [-0.2, 0) is 9.59 Å². The molecule has 1 unspecified atom stereocenters. The number of fused-ring (bicyclic) bond motifs is 1. The highest BCUT2D eigenvalue weighted by Crippen LogP contribution is 2.32. The monoisotopic (exact) mass is 248 g/mol. The first kappa shape index (κ1) is 12.3. The van der Waals surface area contributed by atoms with Gasteiger partial charge in [-0.1, -0.05) is 12.1 Å². The summed E-state index contributed by atoms with van der Waals surface area (Å²) in [4.78, 5) is 23.4. The van der Waals surface area contributed by atoms with Crippen molar-refractivity contribution >= 4 is 17.5 Å². The molecule has 18 heavy (non-hydrogen) atoms. The van der Waals surface area contributed by atoms with E-state index >= 15 is 0 Å². The summed E-state index contributed by atoms with van der Waals surface area (Å²) in [5, 5.41) is 5.21. The lowest BCUT2D eigenvalue weighted by Gasteiger charge is -2.24. The smallest absolute Gasteiger partial charge is 0.228 e. The second kappa shape index (κ2) is 5.00. The Morgan fingerprint density at radius 3 is 3.11 bits per heavy atom. The van der Waals surface area contributed by atoms with Crippen molar-refractivity contribution in [2.24, 2.45) is 0 Å². The van der Waals surface area contributed by atoms with Crippen LogP contribution in [-0.4, -0.2) is 18.4 Å². The summed E-state index contributed by atoms with van der Waals surface area (Å²) in [6.07, 6.45) is 1.63. The summed E-state index contributed by atoms with van der Waals surface area (Å²) in [5.41, 5.74) is 1.00. The Hall–Kier alpha value is -2.17. The first-order chi connectivity index (χ1) is 8.61. The molecule has 1 aliphatic rings. The Morgan fingerprint density at radius 2 is 2.39 bits per heavy atom. The third-order valence-electron chi connectivity index (χ3n) is 2.79. The zero-order valence-electron chi connectivity index (χ0n) is 9.70. The van der Waals surface area contributed by atoms with Crippen LogP contribution < -0.4 is 10.6 Å². The van der Waals surface area contributed by atoms with Crippen LogP contribution in [0, 0.1) is 5.82 Å². The van der Waals surface area contributed by atoms with Crippen molar-refractivity contribution in [1.82, 2.24) is 5.32 Å². The molecule has 2 rings (SSSR count). The van der Waals surface area contributed by atoms with Crippen LogP contribution in [0.2, 0.25) is 0 Å². The van der Waals surface area contributed by atoms with Crippen molar-refractivity contribution in [3.05, 3.63) is 42.2 Å². The summed E-state index contributed by atoms with van der Waals surface area (Å²) in [6.45, 7) is 3.85. The summed E-state index contributed by atoms with van der Waals surface area (Å²) in [6, 6.07) is 4.03. The number of carbonyl (C=O) groups excluding carboxylic acids is 2. The molecule has 1 aliphatic heterocycles. The van der Waals surface area contributed by atoms with Crippen LogP contribution in [0.1, 0.15) is 17.9 Å².